The van der Waals surface area contributed by atoms with Crippen molar-refractivity contribution in [1.82, 2.24) is 5.32 Å². The van der Waals surface area contributed by atoms with Crippen LogP contribution in [0.3, 0.4) is 0 Å². The van der Waals surface area contributed by atoms with Crippen LogP contribution >= 0.6 is 0 Å². The van der Waals surface area contributed by atoms with Gasteiger partial charge < -0.3 is 15.4 Å². The molecule has 31 heavy (non-hydrogen) atoms. The fraction of sp³-hybridized carbons (Fsp3) is 0.364. The standard InChI is InChI=1S/C22H29N3O5S/c1-6-30-19-14-10-9-13-18(19)25(31(5,28)29)15-20(26)23-17-12-8-7-11-16(17)21(27)24-22(2,3)4/h7-14H,6,15H2,1-5H3,(H,23,26)(H,24,27). The highest BCUT2D eigenvalue weighted by Gasteiger charge is 2.25. The molecule has 2 amide bonds. The molecular formula is C22H29N3O5S. The molecule has 0 atom stereocenters. The Morgan fingerprint density at radius 3 is 2.26 bits per heavy atom. The fourth-order valence-electron chi connectivity index (χ4n) is 2.84. The van der Waals surface area contributed by atoms with Crippen molar-refractivity contribution in [3.05, 3.63) is 54.1 Å². The summed E-state index contributed by atoms with van der Waals surface area (Å²) in [5.41, 5.74) is 0.387. The third-order valence-corrected chi connectivity index (χ3v) is 5.18. The second kappa shape index (κ2) is 9.82. The first-order valence-electron chi connectivity index (χ1n) is 9.83. The summed E-state index contributed by atoms with van der Waals surface area (Å²) < 4.78 is 31.4. The van der Waals surface area contributed by atoms with Crippen LogP contribution in [-0.2, 0) is 14.8 Å². The number of sulfonamides is 1. The predicted molar refractivity (Wildman–Crippen MR) is 122 cm³/mol. The Hall–Kier alpha value is -3.07. The van der Waals surface area contributed by atoms with Gasteiger partial charge in [0.1, 0.15) is 12.3 Å². The van der Waals surface area contributed by atoms with Gasteiger partial charge in [0.15, 0.2) is 0 Å². The number of nitrogens with one attached hydrogen (secondary N) is 2. The molecule has 0 aliphatic carbocycles. The molecule has 0 unspecified atom stereocenters. The van der Waals surface area contributed by atoms with E-state index in [-0.39, 0.29) is 17.2 Å². The molecule has 9 heteroatoms. The van der Waals surface area contributed by atoms with Gasteiger partial charge in [-0.05, 0) is 52.0 Å². The Morgan fingerprint density at radius 1 is 1.03 bits per heavy atom. The molecule has 2 N–H and O–H groups in total. The molecule has 0 heterocycles. The summed E-state index contributed by atoms with van der Waals surface area (Å²) >= 11 is 0. The van der Waals surface area contributed by atoms with Crippen LogP contribution < -0.4 is 19.7 Å². The molecule has 0 radical (unpaired) electrons. The zero-order valence-corrected chi connectivity index (χ0v) is 19.2. The van der Waals surface area contributed by atoms with Crippen molar-refractivity contribution in [3.8, 4) is 5.75 Å². The molecule has 168 valence electrons. The van der Waals surface area contributed by atoms with E-state index in [2.05, 4.69) is 10.6 Å². The number of anilines is 2. The van der Waals surface area contributed by atoms with E-state index < -0.39 is 28.0 Å². The molecule has 0 spiro atoms. The number of carbonyl (C=O) groups excluding carboxylic acids is 2. The van der Waals surface area contributed by atoms with Gasteiger partial charge in [-0.2, -0.15) is 0 Å². The van der Waals surface area contributed by atoms with Crippen LogP contribution in [0, 0.1) is 0 Å². The van der Waals surface area contributed by atoms with Crippen molar-refractivity contribution in [2.75, 3.05) is 29.0 Å². The molecule has 2 aromatic carbocycles. The number of hydrogen-bond acceptors (Lipinski definition) is 5. The largest absolute Gasteiger partial charge is 0.492 e. The first-order chi connectivity index (χ1) is 14.4. The van der Waals surface area contributed by atoms with E-state index in [4.69, 9.17) is 4.74 Å². The third-order valence-electron chi connectivity index (χ3n) is 4.06. The molecule has 0 bridgehead atoms. The van der Waals surface area contributed by atoms with Gasteiger partial charge in [0, 0.05) is 5.54 Å². The van der Waals surface area contributed by atoms with E-state index >= 15 is 0 Å². The third kappa shape index (κ3) is 6.99. The van der Waals surface area contributed by atoms with Crippen molar-refractivity contribution >= 4 is 33.2 Å². The highest BCUT2D eigenvalue weighted by atomic mass is 32.2. The van der Waals surface area contributed by atoms with Crippen molar-refractivity contribution < 1.29 is 22.7 Å². The molecular weight excluding hydrogens is 418 g/mol. The maximum absolute atomic E-state index is 12.8. The summed E-state index contributed by atoms with van der Waals surface area (Å²) in [5, 5.41) is 5.50. The molecule has 0 aliphatic heterocycles. The van der Waals surface area contributed by atoms with Gasteiger partial charge in [0.25, 0.3) is 5.91 Å². The van der Waals surface area contributed by atoms with E-state index in [1.54, 1.807) is 55.5 Å². The van der Waals surface area contributed by atoms with Gasteiger partial charge in [-0.3, -0.25) is 13.9 Å². The van der Waals surface area contributed by atoms with Gasteiger partial charge in [-0.15, -0.1) is 0 Å². The first-order valence-corrected chi connectivity index (χ1v) is 11.7. The minimum atomic E-state index is -3.78. The number of amides is 2. The highest BCUT2D eigenvalue weighted by Crippen LogP contribution is 2.30. The van der Waals surface area contributed by atoms with E-state index in [0.717, 1.165) is 10.6 Å². The van der Waals surface area contributed by atoms with Gasteiger partial charge in [-0.25, -0.2) is 8.42 Å². The monoisotopic (exact) mass is 447 g/mol. The quantitative estimate of drug-likeness (QED) is 0.647. The molecule has 0 aromatic heterocycles. The Morgan fingerprint density at radius 2 is 1.65 bits per heavy atom. The highest BCUT2D eigenvalue weighted by molar-refractivity contribution is 7.92. The number of benzene rings is 2. The average molecular weight is 448 g/mol. The van der Waals surface area contributed by atoms with Gasteiger partial charge in [0.2, 0.25) is 15.9 Å². The predicted octanol–water partition coefficient (Wildman–Crippen LogP) is 3.02. The first kappa shape index (κ1) is 24.2. The van der Waals surface area contributed by atoms with Crippen LogP contribution in [0.1, 0.15) is 38.1 Å². The van der Waals surface area contributed by atoms with Crippen LogP contribution in [-0.4, -0.2) is 45.2 Å². The summed E-state index contributed by atoms with van der Waals surface area (Å²) in [6.07, 6.45) is 1.02. The number of carbonyl (C=O) groups is 2. The normalized spacial score (nSPS) is 11.5. The number of rotatable bonds is 8. The van der Waals surface area contributed by atoms with Crippen LogP contribution in [0.25, 0.3) is 0 Å². The second-order valence-electron chi connectivity index (χ2n) is 7.97. The average Bonchev–Trinajstić information content (AvgIpc) is 2.65. The Balaban J connectivity index is 2.29. The van der Waals surface area contributed by atoms with Crippen molar-refractivity contribution in [2.45, 2.75) is 33.2 Å². The van der Waals surface area contributed by atoms with Crippen LogP contribution in [0.5, 0.6) is 5.75 Å². The van der Waals surface area contributed by atoms with Crippen LogP contribution in [0.15, 0.2) is 48.5 Å². The van der Waals surface area contributed by atoms with E-state index in [0.29, 0.717) is 18.0 Å². The summed E-state index contributed by atoms with van der Waals surface area (Å²) in [7, 11) is -3.78. The summed E-state index contributed by atoms with van der Waals surface area (Å²) in [4.78, 5) is 25.4. The maximum Gasteiger partial charge on any atom is 0.253 e. The summed E-state index contributed by atoms with van der Waals surface area (Å²) in [6.45, 7) is 7.22. The Bertz CT molecular complexity index is 1050. The van der Waals surface area contributed by atoms with Gasteiger partial charge in [-0.1, -0.05) is 24.3 Å². The van der Waals surface area contributed by atoms with Crippen molar-refractivity contribution in [1.29, 1.82) is 0 Å². The second-order valence-corrected chi connectivity index (χ2v) is 9.88. The van der Waals surface area contributed by atoms with Crippen molar-refractivity contribution in [2.24, 2.45) is 0 Å². The zero-order chi connectivity index (χ0) is 23.2. The summed E-state index contributed by atoms with van der Waals surface area (Å²) in [6, 6.07) is 13.2. The zero-order valence-electron chi connectivity index (χ0n) is 18.4. The number of ether oxygens (including phenoxy) is 1. The minimum Gasteiger partial charge on any atom is -0.492 e. The molecule has 0 aliphatic rings. The smallest absolute Gasteiger partial charge is 0.253 e. The SMILES string of the molecule is CCOc1ccccc1N(CC(=O)Nc1ccccc1C(=O)NC(C)(C)C)S(C)(=O)=O. The maximum atomic E-state index is 12.8. The number of para-hydroxylation sites is 3. The minimum absolute atomic E-state index is 0.265. The molecule has 0 saturated carbocycles. The molecule has 2 aromatic rings. The molecule has 0 fully saturated rings. The molecule has 2 rings (SSSR count). The van der Waals surface area contributed by atoms with Crippen LogP contribution in [0.2, 0.25) is 0 Å². The van der Waals surface area contributed by atoms with Crippen molar-refractivity contribution in [3.63, 3.8) is 0 Å². The van der Waals surface area contributed by atoms with E-state index in [1.165, 1.54) is 0 Å². The van der Waals surface area contributed by atoms with E-state index in [1.807, 2.05) is 20.8 Å². The molecule has 0 saturated heterocycles. The van der Waals surface area contributed by atoms with Gasteiger partial charge >= 0.3 is 0 Å². The topological polar surface area (TPSA) is 105 Å². The summed E-state index contributed by atoms with van der Waals surface area (Å²) in [5.74, 6) is -0.578. The van der Waals surface area contributed by atoms with Gasteiger partial charge in [0.05, 0.1) is 29.8 Å². The number of hydrogen-bond donors (Lipinski definition) is 2. The fourth-order valence-corrected chi connectivity index (χ4v) is 3.70. The Labute approximate surface area is 183 Å². The lowest BCUT2D eigenvalue weighted by Gasteiger charge is -2.24. The van der Waals surface area contributed by atoms with E-state index in [9.17, 15) is 18.0 Å². The Kier molecular flexibility index (Phi) is 7.67. The lowest BCUT2D eigenvalue weighted by Crippen LogP contribution is -2.41. The lowest BCUT2D eigenvalue weighted by molar-refractivity contribution is -0.114. The molecule has 8 nitrogen and oxygen atoms in total. The van der Waals surface area contributed by atoms with Crippen LogP contribution in [0.4, 0.5) is 11.4 Å². The lowest BCUT2D eigenvalue weighted by atomic mass is 10.1. The number of nitrogens with zero attached hydrogens (tertiary/aromatic N) is 1.